The Morgan fingerprint density at radius 3 is 1.91 bits per heavy atom. The zero-order valence-corrected chi connectivity index (χ0v) is 14.3. The van der Waals surface area contributed by atoms with Crippen LogP contribution in [0.5, 0.6) is 0 Å². The molecule has 0 saturated carbocycles. The average molecular weight is 416 g/mol. The van der Waals surface area contributed by atoms with Crippen LogP contribution in [0.15, 0.2) is 16.7 Å². The van der Waals surface area contributed by atoms with Gasteiger partial charge in [0, 0.05) is 10.7 Å². The third kappa shape index (κ3) is 3.85. The third-order valence-electron chi connectivity index (χ3n) is 2.53. The van der Waals surface area contributed by atoms with Gasteiger partial charge in [0.25, 0.3) is 0 Å². The lowest BCUT2D eigenvalue weighted by Gasteiger charge is -2.36. The van der Waals surface area contributed by atoms with E-state index in [1.165, 1.54) is 19.6 Å². The predicted octanol–water partition coefficient (Wildman–Crippen LogP) is 5.50. The quantitative estimate of drug-likeness (QED) is 0.498. The van der Waals surface area contributed by atoms with Crippen LogP contribution in [0.4, 0.5) is 30.7 Å². The van der Waals surface area contributed by atoms with Crippen molar-refractivity contribution in [1.29, 1.82) is 0 Å². The first-order valence-corrected chi connectivity index (χ1v) is 10.1. The van der Waals surface area contributed by atoms with Gasteiger partial charge in [-0.2, -0.15) is 30.7 Å². The van der Waals surface area contributed by atoms with E-state index in [0.29, 0.717) is 0 Å². The van der Waals surface area contributed by atoms with E-state index in [-0.39, 0.29) is 4.47 Å². The molecule has 1 N–H and O–H groups in total. The largest absolute Gasteiger partial charge is 0.459 e. The molecular formula is C11H13BrF7NOSi. The van der Waals surface area contributed by atoms with E-state index in [9.17, 15) is 30.7 Å². The molecule has 1 rings (SSSR count). The van der Waals surface area contributed by atoms with E-state index in [1.54, 1.807) is 0 Å². The second kappa shape index (κ2) is 5.82. The number of aromatic amines is 1. The number of nitrogens with one attached hydrogen (secondary N) is 1. The maximum atomic E-state index is 14.0. The number of hydrogen-bond donors (Lipinski definition) is 1. The number of H-pyrrole nitrogens is 1. The Balaban J connectivity index is 3.37. The number of rotatable bonds is 5. The molecule has 0 amide bonds. The molecule has 1 heterocycles. The summed E-state index contributed by atoms with van der Waals surface area (Å²) in [4.78, 5) is 2.23. The lowest BCUT2D eigenvalue weighted by Crippen LogP contribution is -2.56. The van der Waals surface area contributed by atoms with Crippen molar-refractivity contribution in [2.24, 2.45) is 0 Å². The maximum Gasteiger partial charge on any atom is 0.459 e. The molecule has 0 bridgehead atoms. The van der Waals surface area contributed by atoms with Crippen LogP contribution in [0, 0.1) is 0 Å². The average Bonchev–Trinajstić information content (AvgIpc) is 2.69. The molecule has 1 atom stereocenters. The first-order valence-electron chi connectivity index (χ1n) is 5.93. The standard InChI is InChI=1S/C11H13BrF7NOSi/c1-22(2,3)21-8(7-4-6(12)5-20-7)9(13,14)10(15,16)11(17,18)19/h4-5,8,20H,1-3H3. The van der Waals surface area contributed by atoms with Crippen molar-refractivity contribution in [1.82, 2.24) is 4.98 Å². The molecule has 1 aromatic heterocycles. The molecule has 0 spiro atoms. The van der Waals surface area contributed by atoms with Gasteiger partial charge in [-0.1, -0.05) is 0 Å². The van der Waals surface area contributed by atoms with E-state index < -0.39 is 38.1 Å². The Labute approximate surface area is 131 Å². The van der Waals surface area contributed by atoms with E-state index in [0.717, 1.165) is 12.3 Å². The molecule has 0 aliphatic heterocycles. The smallest absolute Gasteiger partial charge is 0.404 e. The predicted molar refractivity (Wildman–Crippen MR) is 71.6 cm³/mol. The highest BCUT2D eigenvalue weighted by atomic mass is 79.9. The Morgan fingerprint density at radius 1 is 1.09 bits per heavy atom. The molecule has 1 unspecified atom stereocenters. The Bertz CT molecular complexity index is 523. The van der Waals surface area contributed by atoms with Gasteiger partial charge >= 0.3 is 18.0 Å². The van der Waals surface area contributed by atoms with Gasteiger partial charge in [0.05, 0.1) is 5.69 Å². The highest BCUT2D eigenvalue weighted by Crippen LogP contribution is 2.53. The van der Waals surface area contributed by atoms with Gasteiger partial charge in [0.15, 0.2) is 14.4 Å². The lowest BCUT2D eigenvalue weighted by atomic mass is 10.0. The van der Waals surface area contributed by atoms with Crippen molar-refractivity contribution < 1.29 is 35.2 Å². The Morgan fingerprint density at radius 2 is 1.59 bits per heavy atom. The van der Waals surface area contributed by atoms with Crippen LogP contribution < -0.4 is 0 Å². The fourth-order valence-electron chi connectivity index (χ4n) is 1.58. The molecular weight excluding hydrogens is 403 g/mol. The van der Waals surface area contributed by atoms with Gasteiger partial charge in [-0.25, -0.2) is 0 Å². The van der Waals surface area contributed by atoms with Gasteiger partial charge in [-0.05, 0) is 41.6 Å². The summed E-state index contributed by atoms with van der Waals surface area (Å²) >= 11 is 2.91. The highest BCUT2D eigenvalue weighted by molar-refractivity contribution is 9.10. The van der Waals surface area contributed by atoms with E-state index >= 15 is 0 Å². The summed E-state index contributed by atoms with van der Waals surface area (Å²) < 4.78 is 96.7. The molecule has 2 nitrogen and oxygen atoms in total. The van der Waals surface area contributed by atoms with Crippen molar-refractivity contribution in [2.45, 2.75) is 43.8 Å². The molecule has 0 aliphatic rings. The normalized spacial score (nSPS) is 16.0. The number of alkyl halides is 7. The molecule has 0 saturated heterocycles. The number of aromatic nitrogens is 1. The molecule has 0 aromatic carbocycles. The highest BCUT2D eigenvalue weighted by Gasteiger charge is 2.76. The van der Waals surface area contributed by atoms with E-state index in [2.05, 4.69) is 20.9 Å². The van der Waals surface area contributed by atoms with Gasteiger partial charge in [-0.3, -0.25) is 0 Å². The van der Waals surface area contributed by atoms with Crippen LogP contribution in [-0.2, 0) is 4.43 Å². The fourth-order valence-corrected chi connectivity index (χ4v) is 2.92. The fraction of sp³-hybridized carbons (Fsp3) is 0.636. The van der Waals surface area contributed by atoms with Crippen molar-refractivity contribution in [2.75, 3.05) is 0 Å². The van der Waals surface area contributed by atoms with Gasteiger partial charge in [0.1, 0.15) is 0 Å². The minimum Gasteiger partial charge on any atom is -0.404 e. The minimum atomic E-state index is -6.40. The lowest BCUT2D eigenvalue weighted by molar-refractivity contribution is -0.370. The van der Waals surface area contributed by atoms with Gasteiger partial charge in [0.2, 0.25) is 0 Å². The third-order valence-corrected chi connectivity index (χ3v) is 3.93. The topological polar surface area (TPSA) is 25.0 Å². The Kier molecular flexibility index (Phi) is 5.16. The first kappa shape index (κ1) is 19.5. The van der Waals surface area contributed by atoms with E-state index in [4.69, 9.17) is 4.43 Å². The second-order valence-electron chi connectivity index (χ2n) is 5.58. The zero-order chi connectivity index (χ0) is 17.6. The first-order chi connectivity index (χ1) is 9.59. The van der Waals surface area contributed by atoms with Crippen LogP contribution in [0.25, 0.3) is 0 Å². The summed E-state index contributed by atoms with van der Waals surface area (Å²) in [5.41, 5.74) is -0.566. The Hall–Kier alpha value is -0.553. The van der Waals surface area contributed by atoms with Crippen LogP contribution in [0.1, 0.15) is 11.8 Å². The van der Waals surface area contributed by atoms with Crippen molar-refractivity contribution in [3.05, 3.63) is 22.4 Å². The van der Waals surface area contributed by atoms with Gasteiger partial charge < -0.3 is 9.41 Å². The number of halogens is 8. The molecule has 0 aliphatic carbocycles. The van der Waals surface area contributed by atoms with Crippen LogP contribution >= 0.6 is 15.9 Å². The van der Waals surface area contributed by atoms with Crippen LogP contribution in [-0.4, -0.2) is 31.3 Å². The van der Waals surface area contributed by atoms with Gasteiger partial charge in [-0.15, -0.1) is 0 Å². The number of hydrogen-bond acceptors (Lipinski definition) is 1. The monoisotopic (exact) mass is 415 g/mol. The van der Waals surface area contributed by atoms with Crippen LogP contribution in [0.2, 0.25) is 19.6 Å². The summed E-state index contributed by atoms with van der Waals surface area (Å²) in [5.74, 6) is -11.7. The summed E-state index contributed by atoms with van der Waals surface area (Å²) in [6.07, 6.45) is -8.01. The SMILES string of the molecule is C[Si](C)(C)OC(c1cc(Br)c[nH]1)C(F)(F)C(F)(F)C(F)(F)F. The molecule has 0 fully saturated rings. The molecule has 1 aromatic rings. The van der Waals surface area contributed by atoms with Crippen molar-refractivity contribution in [3.63, 3.8) is 0 Å². The molecule has 11 heteroatoms. The maximum absolute atomic E-state index is 14.0. The minimum absolute atomic E-state index is 0.220. The molecule has 128 valence electrons. The summed E-state index contributed by atoms with van der Waals surface area (Å²) in [7, 11) is -2.86. The van der Waals surface area contributed by atoms with E-state index in [1.807, 2.05) is 0 Å². The van der Waals surface area contributed by atoms with Crippen molar-refractivity contribution in [3.8, 4) is 0 Å². The zero-order valence-electron chi connectivity index (χ0n) is 11.7. The molecule has 0 radical (unpaired) electrons. The second-order valence-corrected chi connectivity index (χ2v) is 11.0. The van der Waals surface area contributed by atoms with Crippen LogP contribution in [0.3, 0.4) is 0 Å². The van der Waals surface area contributed by atoms with Crippen molar-refractivity contribution >= 4 is 24.2 Å². The summed E-state index contributed by atoms with van der Waals surface area (Å²) in [6.45, 7) is 4.21. The summed E-state index contributed by atoms with van der Waals surface area (Å²) in [6, 6.07) is 0.977. The summed E-state index contributed by atoms with van der Waals surface area (Å²) in [5, 5.41) is 0. The molecule has 22 heavy (non-hydrogen) atoms.